The van der Waals surface area contributed by atoms with Crippen molar-refractivity contribution in [2.45, 2.75) is 12.7 Å². The highest BCUT2D eigenvalue weighted by Gasteiger charge is 2.31. The second kappa shape index (κ2) is 8.61. The molecule has 1 amide bonds. The first-order valence-electron chi connectivity index (χ1n) is 8.99. The molecular formula is C21H17Cl2N3O2S. The monoisotopic (exact) mass is 445 g/mol. The van der Waals surface area contributed by atoms with Crippen molar-refractivity contribution in [3.63, 3.8) is 0 Å². The Balaban J connectivity index is 1.57. The van der Waals surface area contributed by atoms with Gasteiger partial charge in [0.2, 0.25) is 0 Å². The van der Waals surface area contributed by atoms with Crippen LogP contribution in [0, 0.1) is 6.92 Å². The van der Waals surface area contributed by atoms with Crippen LogP contribution in [0.5, 0.6) is 0 Å². The number of amides is 1. The number of hydrogen-bond donors (Lipinski definition) is 0. The van der Waals surface area contributed by atoms with Gasteiger partial charge in [-0.25, -0.2) is 0 Å². The third-order valence-corrected chi connectivity index (χ3v) is 6.20. The standard InChI is InChI=1S/C21H17Cl2N3O2S/c1-13-18(19(25-28-13)16-4-2-3-5-17(16)23)20(27)26-11-10-24-21(26)29-12-14-6-8-15(22)9-7-14/h2-9H,10-12H2,1H3. The Labute approximate surface area is 182 Å². The van der Waals surface area contributed by atoms with Gasteiger partial charge in [0, 0.05) is 22.9 Å². The zero-order valence-electron chi connectivity index (χ0n) is 15.6. The normalized spacial score (nSPS) is 13.6. The van der Waals surface area contributed by atoms with Crippen LogP contribution in [0.15, 0.2) is 58.0 Å². The molecule has 0 atom stereocenters. The summed E-state index contributed by atoms with van der Waals surface area (Å²) in [7, 11) is 0. The molecule has 1 aliphatic rings. The van der Waals surface area contributed by atoms with Crippen LogP contribution < -0.4 is 0 Å². The molecule has 29 heavy (non-hydrogen) atoms. The number of aromatic nitrogens is 1. The van der Waals surface area contributed by atoms with Crippen molar-refractivity contribution in [1.29, 1.82) is 0 Å². The number of aliphatic imine (C=N–C) groups is 1. The lowest BCUT2D eigenvalue weighted by Crippen LogP contribution is -2.33. The Hall–Kier alpha value is -2.28. The van der Waals surface area contributed by atoms with Crippen LogP contribution in [0.25, 0.3) is 11.3 Å². The summed E-state index contributed by atoms with van der Waals surface area (Å²) < 4.78 is 5.35. The Kier molecular flexibility index (Phi) is 5.94. The molecule has 1 aliphatic heterocycles. The summed E-state index contributed by atoms with van der Waals surface area (Å²) in [6.45, 7) is 2.82. The first-order valence-corrected chi connectivity index (χ1v) is 10.7. The average Bonchev–Trinajstić information content (AvgIpc) is 3.34. The van der Waals surface area contributed by atoms with Crippen LogP contribution >= 0.6 is 35.0 Å². The molecule has 0 spiro atoms. The van der Waals surface area contributed by atoms with Crippen molar-refractivity contribution in [1.82, 2.24) is 10.1 Å². The van der Waals surface area contributed by atoms with Gasteiger partial charge in [-0.1, -0.05) is 70.5 Å². The molecule has 0 bridgehead atoms. The Bertz CT molecular complexity index is 1080. The molecule has 0 saturated heterocycles. The van der Waals surface area contributed by atoms with Crippen molar-refractivity contribution < 1.29 is 9.32 Å². The van der Waals surface area contributed by atoms with Crippen molar-refractivity contribution in [2.24, 2.45) is 4.99 Å². The first-order chi connectivity index (χ1) is 14.0. The summed E-state index contributed by atoms with van der Waals surface area (Å²) in [4.78, 5) is 19.6. The Morgan fingerprint density at radius 1 is 1.17 bits per heavy atom. The number of aryl methyl sites for hydroxylation is 1. The molecule has 0 radical (unpaired) electrons. The van der Waals surface area contributed by atoms with Gasteiger partial charge in [0.15, 0.2) is 5.17 Å². The van der Waals surface area contributed by atoms with Gasteiger partial charge in [0.05, 0.1) is 11.6 Å². The van der Waals surface area contributed by atoms with E-state index >= 15 is 0 Å². The molecule has 2 heterocycles. The number of hydrogen-bond acceptors (Lipinski definition) is 5. The van der Waals surface area contributed by atoms with E-state index in [0.29, 0.717) is 56.6 Å². The van der Waals surface area contributed by atoms with E-state index in [-0.39, 0.29) is 5.91 Å². The summed E-state index contributed by atoms with van der Waals surface area (Å²) in [5.74, 6) is 0.970. The summed E-state index contributed by atoms with van der Waals surface area (Å²) >= 11 is 13.8. The fourth-order valence-corrected chi connectivity index (χ4v) is 4.42. The van der Waals surface area contributed by atoms with Gasteiger partial charge in [-0.3, -0.25) is 14.7 Å². The molecule has 0 aliphatic carbocycles. The fourth-order valence-electron chi connectivity index (χ4n) is 3.06. The van der Waals surface area contributed by atoms with Crippen LogP contribution in [0.1, 0.15) is 21.7 Å². The van der Waals surface area contributed by atoms with Gasteiger partial charge in [-0.15, -0.1) is 0 Å². The van der Waals surface area contributed by atoms with Gasteiger partial charge in [0.1, 0.15) is 17.0 Å². The number of nitrogens with zero attached hydrogens (tertiary/aromatic N) is 3. The summed E-state index contributed by atoms with van der Waals surface area (Å²) in [6.07, 6.45) is 0. The third kappa shape index (κ3) is 4.20. The molecule has 4 rings (SSSR count). The highest BCUT2D eigenvalue weighted by molar-refractivity contribution is 8.13. The van der Waals surface area contributed by atoms with E-state index < -0.39 is 0 Å². The third-order valence-electron chi connectivity index (χ3n) is 4.53. The van der Waals surface area contributed by atoms with E-state index in [9.17, 15) is 4.79 Å². The second-order valence-electron chi connectivity index (χ2n) is 6.48. The molecule has 148 valence electrons. The Morgan fingerprint density at radius 3 is 2.69 bits per heavy atom. The number of carbonyl (C=O) groups excluding carboxylic acids is 1. The molecule has 8 heteroatoms. The molecule has 0 saturated carbocycles. The summed E-state index contributed by atoms with van der Waals surface area (Å²) in [5, 5.41) is 6.00. The number of amidine groups is 1. The van der Waals surface area contributed by atoms with Crippen molar-refractivity contribution in [2.75, 3.05) is 13.1 Å². The van der Waals surface area contributed by atoms with Crippen LogP contribution in [0.3, 0.4) is 0 Å². The topological polar surface area (TPSA) is 58.7 Å². The molecule has 3 aromatic rings. The highest BCUT2D eigenvalue weighted by atomic mass is 35.5. The number of rotatable bonds is 4. The van der Waals surface area contributed by atoms with Gasteiger partial charge < -0.3 is 4.52 Å². The van der Waals surface area contributed by atoms with Gasteiger partial charge in [-0.2, -0.15) is 0 Å². The number of benzene rings is 2. The minimum absolute atomic E-state index is 0.182. The zero-order valence-corrected chi connectivity index (χ0v) is 17.9. The van der Waals surface area contributed by atoms with Crippen molar-refractivity contribution in [3.8, 4) is 11.3 Å². The predicted molar refractivity (Wildman–Crippen MR) is 118 cm³/mol. The fraction of sp³-hybridized carbons (Fsp3) is 0.190. The smallest absolute Gasteiger partial charge is 0.265 e. The van der Waals surface area contributed by atoms with Gasteiger partial charge in [0.25, 0.3) is 5.91 Å². The lowest BCUT2D eigenvalue weighted by Gasteiger charge is -2.18. The van der Waals surface area contributed by atoms with Crippen LogP contribution in [-0.4, -0.2) is 34.2 Å². The zero-order chi connectivity index (χ0) is 20.4. The number of thioether (sulfide) groups is 1. The van der Waals surface area contributed by atoms with Crippen LogP contribution in [-0.2, 0) is 5.75 Å². The quantitative estimate of drug-likeness (QED) is 0.516. The van der Waals surface area contributed by atoms with Crippen molar-refractivity contribution >= 4 is 46.0 Å². The minimum atomic E-state index is -0.182. The van der Waals surface area contributed by atoms with E-state index in [1.165, 1.54) is 11.8 Å². The molecule has 2 aromatic carbocycles. The van der Waals surface area contributed by atoms with E-state index in [1.807, 2.05) is 42.5 Å². The average molecular weight is 446 g/mol. The van der Waals surface area contributed by atoms with Crippen molar-refractivity contribution in [3.05, 3.63) is 75.5 Å². The number of halogens is 2. The van der Waals surface area contributed by atoms with Gasteiger partial charge >= 0.3 is 0 Å². The minimum Gasteiger partial charge on any atom is -0.360 e. The van der Waals surface area contributed by atoms with E-state index in [1.54, 1.807) is 17.9 Å². The van der Waals surface area contributed by atoms with Crippen LogP contribution in [0.2, 0.25) is 10.0 Å². The SMILES string of the molecule is Cc1onc(-c2ccccc2Cl)c1C(=O)N1CCN=C1SCc1ccc(Cl)cc1. The lowest BCUT2D eigenvalue weighted by atomic mass is 10.1. The van der Waals surface area contributed by atoms with E-state index in [0.717, 1.165) is 5.56 Å². The Morgan fingerprint density at radius 2 is 1.93 bits per heavy atom. The molecule has 5 nitrogen and oxygen atoms in total. The maximum Gasteiger partial charge on any atom is 0.265 e. The van der Waals surface area contributed by atoms with Gasteiger partial charge in [-0.05, 0) is 30.7 Å². The first kappa shape index (κ1) is 20.0. The maximum absolute atomic E-state index is 13.4. The molecule has 0 fully saturated rings. The van der Waals surface area contributed by atoms with E-state index in [2.05, 4.69) is 10.1 Å². The predicted octanol–water partition coefficient (Wildman–Crippen LogP) is 5.70. The second-order valence-corrected chi connectivity index (χ2v) is 8.26. The molecule has 0 unspecified atom stereocenters. The summed E-state index contributed by atoms with van der Waals surface area (Å²) in [5.41, 5.74) is 2.65. The maximum atomic E-state index is 13.4. The van der Waals surface area contributed by atoms with E-state index in [4.69, 9.17) is 27.7 Å². The summed E-state index contributed by atoms with van der Waals surface area (Å²) in [6, 6.07) is 14.9. The number of carbonyl (C=O) groups is 1. The molecule has 0 N–H and O–H groups in total. The largest absolute Gasteiger partial charge is 0.360 e. The highest BCUT2D eigenvalue weighted by Crippen LogP contribution is 2.33. The molecule has 1 aromatic heterocycles. The van der Waals surface area contributed by atoms with Crippen LogP contribution in [0.4, 0.5) is 0 Å². The lowest BCUT2D eigenvalue weighted by molar-refractivity contribution is 0.0859. The molecular weight excluding hydrogens is 429 g/mol.